The van der Waals surface area contributed by atoms with Crippen molar-refractivity contribution in [3.05, 3.63) is 23.8 Å². The zero-order valence-corrected chi connectivity index (χ0v) is 17.9. The maximum Gasteiger partial charge on any atom is 0.341 e. The summed E-state index contributed by atoms with van der Waals surface area (Å²) >= 11 is 0. The van der Waals surface area contributed by atoms with Gasteiger partial charge in [-0.25, -0.2) is 4.79 Å². The standard InChI is InChI=1S/C22H28O8/c1-6-30-19(26)22(27)15-10-20(2,3)18(25)21(15,11-16(22)23)17(24)12-7-13(28-4)9-14(8-12)29-5/h7-9,15-16,23,27H,6,10-11H2,1-5H3/t15-,16-,21-,22+/m0/s1. The number of ether oxygens (including phenoxy) is 3. The van der Waals surface area contributed by atoms with E-state index in [1.165, 1.54) is 26.4 Å². The molecule has 0 aliphatic heterocycles. The topological polar surface area (TPSA) is 119 Å². The molecule has 8 heteroatoms. The number of Topliss-reactive ketones (excluding diaryl/α,β-unsaturated/α-hetero) is 2. The average molecular weight is 420 g/mol. The van der Waals surface area contributed by atoms with Crippen LogP contribution in [0.1, 0.15) is 44.0 Å². The summed E-state index contributed by atoms with van der Waals surface area (Å²) in [5.41, 5.74) is -4.94. The molecule has 0 amide bonds. The maximum atomic E-state index is 13.8. The fourth-order valence-corrected chi connectivity index (χ4v) is 5.07. The Labute approximate surface area is 175 Å². The smallest absolute Gasteiger partial charge is 0.341 e. The van der Waals surface area contributed by atoms with Gasteiger partial charge in [0.05, 0.1) is 26.9 Å². The fourth-order valence-electron chi connectivity index (χ4n) is 5.07. The van der Waals surface area contributed by atoms with Crippen LogP contribution in [0.3, 0.4) is 0 Å². The first-order valence-electron chi connectivity index (χ1n) is 9.89. The highest BCUT2D eigenvalue weighted by molar-refractivity contribution is 6.19. The molecule has 30 heavy (non-hydrogen) atoms. The average Bonchev–Trinajstić information content (AvgIpc) is 3.07. The minimum Gasteiger partial charge on any atom is -0.497 e. The molecule has 0 unspecified atom stereocenters. The van der Waals surface area contributed by atoms with Gasteiger partial charge in [0.15, 0.2) is 17.2 Å². The Balaban J connectivity index is 2.18. The highest BCUT2D eigenvalue weighted by atomic mass is 16.6. The first-order valence-corrected chi connectivity index (χ1v) is 9.89. The number of fused-ring (bicyclic) bond motifs is 1. The maximum absolute atomic E-state index is 13.8. The van der Waals surface area contributed by atoms with Gasteiger partial charge in [-0.3, -0.25) is 9.59 Å². The van der Waals surface area contributed by atoms with Gasteiger partial charge in [-0.2, -0.15) is 0 Å². The summed E-state index contributed by atoms with van der Waals surface area (Å²) in [5, 5.41) is 22.0. The lowest BCUT2D eigenvalue weighted by Crippen LogP contribution is -2.53. The van der Waals surface area contributed by atoms with Gasteiger partial charge < -0.3 is 24.4 Å². The third-order valence-electron chi connectivity index (χ3n) is 6.50. The van der Waals surface area contributed by atoms with E-state index in [1.54, 1.807) is 26.8 Å². The van der Waals surface area contributed by atoms with E-state index in [0.29, 0.717) is 11.5 Å². The molecule has 0 saturated heterocycles. The molecule has 0 radical (unpaired) electrons. The van der Waals surface area contributed by atoms with Crippen LogP contribution in [0.5, 0.6) is 11.5 Å². The van der Waals surface area contributed by atoms with Crippen molar-refractivity contribution >= 4 is 17.5 Å². The molecule has 2 saturated carbocycles. The second kappa shape index (κ2) is 7.35. The summed E-state index contributed by atoms with van der Waals surface area (Å²) in [7, 11) is 2.87. The molecule has 3 rings (SSSR count). The number of aliphatic hydroxyl groups excluding tert-OH is 1. The van der Waals surface area contributed by atoms with Gasteiger partial charge in [0.1, 0.15) is 16.9 Å². The van der Waals surface area contributed by atoms with E-state index in [9.17, 15) is 24.6 Å². The van der Waals surface area contributed by atoms with Crippen LogP contribution in [0.15, 0.2) is 18.2 Å². The summed E-state index contributed by atoms with van der Waals surface area (Å²) in [6.07, 6.45) is -1.92. The van der Waals surface area contributed by atoms with Gasteiger partial charge in [-0.15, -0.1) is 0 Å². The summed E-state index contributed by atoms with van der Waals surface area (Å²) in [4.78, 5) is 39.9. The van der Waals surface area contributed by atoms with Crippen LogP contribution in [0, 0.1) is 16.7 Å². The van der Waals surface area contributed by atoms with Crippen molar-refractivity contribution in [2.75, 3.05) is 20.8 Å². The van der Waals surface area contributed by atoms with Crippen LogP contribution in [0.25, 0.3) is 0 Å². The van der Waals surface area contributed by atoms with E-state index in [0.717, 1.165) is 0 Å². The lowest BCUT2D eigenvalue weighted by molar-refractivity contribution is -0.181. The van der Waals surface area contributed by atoms with E-state index < -0.39 is 46.0 Å². The molecular formula is C22H28O8. The fraction of sp³-hybridized carbons (Fsp3) is 0.591. The molecule has 8 nitrogen and oxygen atoms in total. The van der Waals surface area contributed by atoms with Gasteiger partial charge in [0, 0.05) is 23.0 Å². The number of benzene rings is 1. The molecule has 1 aromatic carbocycles. The second-order valence-electron chi connectivity index (χ2n) is 8.64. The Morgan fingerprint density at radius 3 is 2.17 bits per heavy atom. The van der Waals surface area contributed by atoms with E-state index in [-0.39, 0.29) is 25.0 Å². The molecule has 4 atom stereocenters. The number of esters is 1. The highest BCUT2D eigenvalue weighted by Crippen LogP contribution is 2.63. The molecule has 2 aliphatic rings. The molecular weight excluding hydrogens is 392 g/mol. The lowest BCUT2D eigenvalue weighted by atomic mass is 9.70. The highest BCUT2D eigenvalue weighted by Gasteiger charge is 2.76. The lowest BCUT2D eigenvalue weighted by Gasteiger charge is -2.32. The Hall–Kier alpha value is -2.45. The Kier molecular flexibility index (Phi) is 5.45. The van der Waals surface area contributed by atoms with Crippen LogP contribution in [-0.2, 0) is 14.3 Å². The molecule has 164 valence electrons. The van der Waals surface area contributed by atoms with Crippen molar-refractivity contribution in [1.29, 1.82) is 0 Å². The molecule has 0 heterocycles. The number of hydrogen-bond acceptors (Lipinski definition) is 8. The van der Waals surface area contributed by atoms with Crippen molar-refractivity contribution in [2.24, 2.45) is 16.7 Å². The molecule has 2 aliphatic carbocycles. The van der Waals surface area contributed by atoms with Gasteiger partial charge in [0.25, 0.3) is 0 Å². The van der Waals surface area contributed by atoms with E-state index >= 15 is 0 Å². The number of methoxy groups -OCH3 is 2. The van der Waals surface area contributed by atoms with Crippen LogP contribution in [0.2, 0.25) is 0 Å². The molecule has 2 N–H and O–H groups in total. The summed E-state index contributed by atoms with van der Waals surface area (Å²) in [6.45, 7) is 4.92. The quantitative estimate of drug-likeness (QED) is 0.404. The van der Waals surface area contributed by atoms with Crippen molar-refractivity contribution in [2.45, 2.75) is 45.3 Å². The molecule has 1 aromatic rings. The monoisotopic (exact) mass is 420 g/mol. The van der Waals surface area contributed by atoms with Gasteiger partial charge in [-0.05, 0) is 31.9 Å². The number of rotatable bonds is 6. The largest absolute Gasteiger partial charge is 0.497 e. The van der Waals surface area contributed by atoms with Crippen molar-refractivity contribution in [3.63, 3.8) is 0 Å². The van der Waals surface area contributed by atoms with Crippen molar-refractivity contribution < 1.29 is 38.8 Å². The predicted molar refractivity (Wildman–Crippen MR) is 105 cm³/mol. The normalized spacial score (nSPS) is 31.9. The third kappa shape index (κ3) is 2.93. The molecule has 0 spiro atoms. The zero-order valence-electron chi connectivity index (χ0n) is 17.9. The van der Waals surface area contributed by atoms with Crippen LogP contribution < -0.4 is 9.47 Å². The summed E-state index contributed by atoms with van der Waals surface area (Å²) in [5.74, 6) is -2.42. The summed E-state index contributed by atoms with van der Waals surface area (Å²) < 4.78 is 15.5. The van der Waals surface area contributed by atoms with Crippen LogP contribution in [0.4, 0.5) is 0 Å². The third-order valence-corrected chi connectivity index (χ3v) is 6.50. The van der Waals surface area contributed by atoms with Crippen molar-refractivity contribution in [3.8, 4) is 11.5 Å². The first kappa shape index (κ1) is 22.2. The number of aliphatic hydroxyl groups is 2. The number of ketones is 2. The number of carbonyl (C=O) groups excluding carboxylic acids is 3. The van der Waals surface area contributed by atoms with Gasteiger partial charge in [-0.1, -0.05) is 13.8 Å². The summed E-state index contributed by atoms with van der Waals surface area (Å²) in [6, 6.07) is 4.54. The Morgan fingerprint density at radius 1 is 1.10 bits per heavy atom. The minimum absolute atomic E-state index is 0.00798. The van der Waals surface area contributed by atoms with Gasteiger partial charge >= 0.3 is 5.97 Å². The van der Waals surface area contributed by atoms with Crippen LogP contribution >= 0.6 is 0 Å². The van der Waals surface area contributed by atoms with E-state index in [2.05, 4.69) is 0 Å². The molecule has 0 aromatic heterocycles. The van der Waals surface area contributed by atoms with E-state index in [1.807, 2.05) is 0 Å². The Bertz CT molecular complexity index is 869. The number of carbonyl (C=O) groups is 3. The molecule has 0 bridgehead atoms. The van der Waals surface area contributed by atoms with E-state index in [4.69, 9.17) is 14.2 Å². The Morgan fingerprint density at radius 2 is 1.67 bits per heavy atom. The minimum atomic E-state index is -2.35. The van der Waals surface area contributed by atoms with Gasteiger partial charge in [0.2, 0.25) is 0 Å². The first-order chi connectivity index (χ1) is 14.0. The zero-order chi connectivity index (χ0) is 22.5. The SMILES string of the molecule is CCOC(=O)[C@]1(O)[C@@H](O)C[C@]2(C(=O)c3cc(OC)cc(OC)c3)C(=O)C(C)(C)C[C@@H]21. The number of hydrogen-bond donors (Lipinski definition) is 2. The van der Waals surface area contributed by atoms with Crippen LogP contribution in [-0.4, -0.2) is 60.3 Å². The predicted octanol–water partition coefficient (Wildman–Crippen LogP) is 1.55. The van der Waals surface area contributed by atoms with Crippen molar-refractivity contribution in [1.82, 2.24) is 0 Å². The second-order valence-corrected chi connectivity index (χ2v) is 8.64. The molecule has 2 fully saturated rings.